The van der Waals surface area contributed by atoms with Crippen molar-refractivity contribution in [1.82, 2.24) is 9.97 Å². The lowest BCUT2D eigenvalue weighted by Crippen LogP contribution is -2.28. The van der Waals surface area contributed by atoms with Gasteiger partial charge in [0.1, 0.15) is 11.9 Å². The van der Waals surface area contributed by atoms with Crippen molar-refractivity contribution in [3.63, 3.8) is 0 Å². The summed E-state index contributed by atoms with van der Waals surface area (Å²) >= 11 is 0. The van der Waals surface area contributed by atoms with Gasteiger partial charge in [0.15, 0.2) is 0 Å². The monoisotopic (exact) mass is 374 g/mol. The summed E-state index contributed by atoms with van der Waals surface area (Å²) in [5, 5.41) is 0. The van der Waals surface area contributed by atoms with E-state index in [0.717, 1.165) is 29.7 Å². The lowest BCUT2D eigenvalue weighted by molar-refractivity contribution is 0.100. The Kier molecular flexibility index (Phi) is 4.93. The Morgan fingerprint density at radius 2 is 1.93 bits per heavy atom. The largest absolute Gasteiger partial charge is 0.472 e. The van der Waals surface area contributed by atoms with E-state index in [4.69, 9.17) is 10.5 Å². The van der Waals surface area contributed by atoms with Crippen molar-refractivity contribution in [3.8, 4) is 17.0 Å². The van der Waals surface area contributed by atoms with Gasteiger partial charge in [0, 0.05) is 37.0 Å². The van der Waals surface area contributed by atoms with Crippen molar-refractivity contribution in [1.29, 1.82) is 0 Å². The van der Waals surface area contributed by atoms with E-state index in [1.807, 2.05) is 60.4 Å². The first kappa shape index (κ1) is 18.0. The topological polar surface area (TPSA) is 81.3 Å². The highest BCUT2D eigenvalue weighted by Gasteiger charge is 2.28. The minimum Gasteiger partial charge on any atom is -0.472 e. The van der Waals surface area contributed by atoms with Gasteiger partial charge in [0.25, 0.3) is 5.91 Å². The molecule has 28 heavy (non-hydrogen) atoms. The molecular formula is C22H22N4O2. The Bertz CT molecular complexity index is 974. The Morgan fingerprint density at radius 3 is 2.64 bits per heavy atom. The molecule has 1 atom stereocenters. The van der Waals surface area contributed by atoms with Crippen LogP contribution in [-0.2, 0) is 0 Å². The second kappa shape index (κ2) is 7.68. The number of nitrogens with zero attached hydrogens (tertiary/aromatic N) is 3. The molecule has 6 nitrogen and oxygen atoms in total. The summed E-state index contributed by atoms with van der Waals surface area (Å²) in [6.45, 7) is 3.37. The number of aromatic nitrogens is 2. The smallest absolute Gasteiger partial charge is 0.252 e. The molecule has 1 amide bonds. The molecule has 1 aromatic carbocycles. The van der Waals surface area contributed by atoms with Crippen molar-refractivity contribution in [2.45, 2.75) is 19.4 Å². The van der Waals surface area contributed by atoms with Crippen LogP contribution in [0.1, 0.15) is 22.3 Å². The first-order valence-corrected chi connectivity index (χ1v) is 9.29. The van der Waals surface area contributed by atoms with Crippen LogP contribution in [0.4, 0.5) is 5.82 Å². The fourth-order valence-corrected chi connectivity index (χ4v) is 3.39. The molecule has 3 aromatic rings. The Balaban J connectivity index is 1.54. The molecule has 6 heteroatoms. The van der Waals surface area contributed by atoms with Gasteiger partial charge in [-0.2, -0.15) is 0 Å². The number of amides is 1. The number of carbonyl (C=O) groups is 1. The van der Waals surface area contributed by atoms with Crippen LogP contribution in [0.2, 0.25) is 0 Å². The highest BCUT2D eigenvalue weighted by atomic mass is 16.5. The maximum Gasteiger partial charge on any atom is 0.252 e. The first-order chi connectivity index (χ1) is 13.6. The van der Waals surface area contributed by atoms with Crippen molar-refractivity contribution in [3.05, 3.63) is 72.1 Å². The molecule has 3 heterocycles. The van der Waals surface area contributed by atoms with E-state index in [1.54, 1.807) is 12.4 Å². The zero-order valence-corrected chi connectivity index (χ0v) is 15.7. The van der Waals surface area contributed by atoms with Crippen LogP contribution in [0.5, 0.6) is 5.88 Å². The second-order valence-electron chi connectivity index (χ2n) is 6.97. The summed E-state index contributed by atoms with van der Waals surface area (Å²) in [6, 6.07) is 15.5. The lowest BCUT2D eigenvalue weighted by atomic mass is 10.1. The fraction of sp³-hybridized carbons (Fsp3) is 0.227. The number of primary amides is 1. The zero-order valence-electron chi connectivity index (χ0n) is 15.7. The molecule has 0 aliphatic carbocycles. The minimum absolute atomic E-state index is 0.00784. The molecule has 1 aliphatic heterocycles. The molecule has 0 saturated carbocycles. The van der Waals surface area contributed by atoms with Crippen molar-refractivity contribution >= 4 is 11.7 Å². The summed E-state index contributed by atoms with van der Waals surface area (Å²) in [4.78, 5) is 23.0. The lowest BCUT2D eigenvalue weighted by Gasteiger charge is -2.20. The average molecular weight is 374 g/mol. The molecule has 142 valence electrons. The van der Waals surface area contributed by atoms with E-state index < -0.39 is 5.91 Å². The van der Waals surface area contributed by atoms with Gasteiger partial charge in [-0.1, -0.05) is 36.4 Å². The van der Waals surface area contributed by atoms with Gasteiger partial charge in [-0.3, -0.25) is 4.79 Å². The van der Waals surface area contributed by atoms with Crippen LogP contribution in [0.25, 0.3) is 11.1 Å². The maximum absolute atomic E-state index is 12.1. The highest BCUT2D eigenvalue weighted by Crippen LogP contribution is 2.28. The number of carbonyl (C=O) groups excluding carboxylic acids is 1. The van der Waals surface area contributed by atoms with E-state index in [9.17, 15) is 4.79 Å². The van der Waals surface area contributed by atoms with E-state index in [1.165, 1.54) is 0 Å². The first-order valence-electron chi connectivity index (χ1n) is 9.29. The van der Waals surface area contributed by atoms with Crippen LogP contribution >= 0.6 is 0 Å². The van der Waals surface area contributed by atoms with Crippen molar-refractivity contribution < 1.29 is 9.53 Å². The number of ether oxygens (including phenoxy) is 1. The molecule has 0 bridgehead atoms. The third-order valence-electron chi connectivity index (χ3n) is 4.86. The third-order valence-corrected chi connectivity index (χ3v) is 4.86. The van der Waals surface area contributed by atoms with Gasteiger partial charge >= 0.3 is 0 Å². The van der Waals surface area contributed by atoms with Gasteiger partial charge in [-0.05, 0) is 24.1 Å². The third kappa shape index (κ3) is 3.81. The average Bonchev–Trinajstić information content (AvgIpc) is 3.18. The zero-order chi connectivity index (χ0) is 19.5. The summed E-state index contributed by atoms with van der Waals surface area (Å²) in [6.07, 6.45) is 4.39. The van der Waals surface area contributed by atoms with Crippen LogP contribution in [0.3, 0.4) is 0 Å². The quantitative estimate of drug-likeness (QED) is 0.742. The number of pyridine rings is 2. The molecule has 1 saturated heterocycles. The van der Waals surface area contributed by atoms with Crippen LogP contribution in [0, 0.1) is 6.92 Å². The van der Waals surface area contributed by atoms with E-state index in [2.05, 4.69) is 9.97 Å². The number of aryl methyl sites for hydroxylation is 1. The van der Waals surface area contributed by atoms with Gasteiger partial charge in [0.05, 0.1) is 12.1 Å². The predicted octanol–water partition coefficient (Wildman–Crippen LogP) is 3.21. The van der Waals surface area contributed by atoms with Gasteiger partial charge < -0.3 is 15.4 Å². The molecule has 0 spiro atoms. The number of hydrogen-bond acceptors (Lipinski definition) is 5. The molecule has 0 radical (unpaired) electrons. The summed E-state index contributed by atoms with van der Waals surface area (Å²) in [5.74, 6) is 0.736. The van der Waals surface area contributed by atoms with Gasteiger partial charge in [0.2, 0.25) is 5.88 Å². The summed E-state index contributed by atoms with van der Waals surface area (Å²) < 4.78 is 5.98. The standard InChI is InChI=1S/C22H22N4O2/c1-15-7-8-20(24-12-15)28-18-9-10-26(14-18)22-19(21(23)27)11-17(13-25-22)16-5-3-2-4-6-16/h2-8,11-13,18H,9-10,14H2,1H3,(H2,23,27)/t18-/m1/s1. The van der Waals surface area contributed by atoms with Crippen LogP contribution < -0.4 is 15.4 Å². The maximum atomic E-state index is 12.1. The molecule has 2 aromatic heterocycles. The molecule has 4 rings (SSSR count). The number of rotatable bonds is 5. The predicted molar refractivity (Wildman–Crippen MR) is 108 cm³/mol. The van der Waals surface area contributed by atoms with Crippen LogP contribution in [-0.4, -0.2) is 35.1 Å². The molecule has 1 fully saturated rings. The Hall–Kier alpha value is -3.41. The number of benzene rings is 1. The SMILES string of the molecule is Cc1ccc(O[C@@H]2CCN(c3ncc(-c4ccccc4)cc3C(N)=O)C2)nc1. The Morgan fingerprint density at radius 1 is 1.11 bits per heavy atom. The van der Waals surface area contributed by atoms with Crippen molar-refractivity contribution in [2.24, 2.45) is 5.73 Å². The summed E-state index contributed by atoms with van der Waals surface area (Å²) in [5.41, 5.74) is 9.04. The normalized spacial score (nSPS) is 16.2. The molecule has 2 N–H and O–H groups in total. The molecule has 0 unspecified atom stereocenters. The minimum atomic E-state index is -0.482. The molecular weight excluding hydrogens is 352 g/mol. The fourth-order valence-electron chi connectivity index (χ4n) is 3.39. The second-order valence-corrected chi connectivity index (χ2v) is 6.97. The van der Waals surface area contributed by atoms with Gasteiger partial charge in [-0.15, -0.1) is 0 Å². The Labute approximate surface area is 164 Å². The van der Waals surface area contributed by atoms with E-state index in [0.29, 0.717) is 23.8 Å². The van der Waals surface area contributed by atoms with E-state index in [-0.39, 0.29) is 6.10 Å². The van der Waals surface area contributed by atoms with Crippen molar-refractivity contribution in [2.75, 3.05) is 18.0 Å². The number of nitrogens with two attached hydrogens (primary N) is 1. The van der Waals surface area contributed by atoms with Crippen LogP contribution in [0.15, 0.2) is 60.9 Å². The number of hydrogen-bond donors (Lipinski definition) is 1. The van der Waals surface area contributed by atoms with E-state index >= 15 is 0 Å². The molecule has 1 aliphatic rings. The number of anilines is 1. The van der Waals surface area contributed by atoms with Gasteiger partial charge in [-0.25, -0.2) is 9.97 Å². The summed E-state index contributed by atoms with van der Waals surface area (Å²) in [7, 11) is 0. The highest BCUT2D eigenvalue weighted by molar-refractivity contribution is 5.99.